The number of nitrogens with two attached hydrogens (primary N) is 1. The summed E-state index contributed by atoms with van der Waals surface area (Å²) in [7, 11) is 0. The van der Waals surface area contributed by atoms with Gasteiger partial charge in [0.25, 0.3) is 0 Å². The second-order valence-electron chi connectivity index (χ2n) is 5.18. The van der Waals surface area contributed by atoms with Crippen LogP contribution in [0, 0.1) is 5.41 Å². The largest absolute Gasteiger partial charge is 0.341 e. The van der Waals surface area contributed by atoms with Crippen LogP contribution in [-0.4, -0.2) is 29.9 Å². The Morgan fingerprint density at radius 2 is 2.19 bits per heavy atom. The van der Waals surface area contributed by atoms with E-state index in [4.69, 9.17) is 5.73 Å². The van der Waals surface area contributed by atoms with Crippen LogP contribution < -0.4 is 5.73 Å². The fourth-order valence-corrected chi connectivity index (χ4v) is 2.73. The van der Waals surface area contributed by atoms with Gasteiger partial charge in [-0.25, -0.2) is 0 Å². The van der Waals surface area contributed by atoms with Crippen LogP contribution in [0.5, 0.6) is 0 Å². The molecule has 1 unspecified atom stereocenters. The van der Waals surface area contributed by atoms with E-state index in [-0.39, 0.29) is 23.9 Å². The van der Waals surface area contributed by atoms with Crippen molar-refractivity contribution in [3.63, 3.8) is 0 Å². The normalized spacial score (nSPS) is 27.1. The molecule has 0 aromatic heterocycles. The summed E-state index contributed by atoms with van der Waals surface area (Å²) >= 11 is 0. The lowest BCUT2D eigenvalue weighted by Crippen LogP contribution is -2.48. The van der Waals surface area contributed by atoms with Crippen molar-refractivity contribution in [3.05, 3.63) is 0 Å². The van der Waals surface area contributed by atoms with E-state index in [1.54, 1.807) is 0 Å². The Labute approximate surface area is 104 Å². The molecule has 0 aromatic carbocycles. The van der Waals surface area contributed by atoms with Crippen molar-refractivity contribution in [3.8, 4) is 0 Å². The van der Waals surface area contributed by atoms with E-state index in [9.17, 15) is 4.79 Å². The van der Waals surface area contributed by atoms with Crippen LogP contribution in [0.4, 0.5) is 0 Å². The molecule has 2 fully saturated rings. The van der Waals surface area contributed by atoms with Crippen LogP contribution in [-0.2, 0) is 4.79 Å². The second-order valence-corrected chi connectivity index (χ2v) is 5.18. The fraction of sp³-hybridized carbons (Fsp3) is 0.917. The van der Waals surface area contributed by atoms with E-state index < -0.39 is 0 Å². The van der Waals surface area contributed by atoms with Gasteiger partial charge >= 0.3 is 0 Å². The van der Waals surface area contributed by atoms with Crippen molar-refractivity contribution in [2.75, 3.05) is 13.1 Å². The smallest absolute Gasteiger partial charge is 0.228 e. The van der Waals surface area contributed by atoms with E-state index in [1.165, 1.54) is 0 Å². The highest BCUT2D eigenvalue weighted by molar-refractivity contribution is 5.85. The van der Waals surface area contributed by atoms with Crippen molar-refractivity contribution in [1.29, 1.82) is 0 Å². The Kier molecular flexibility index (Phi) is 4.62. The first-order chi connectivity index (χ1) is 7.18. The van der Waals surface area contributed by atoms with E-state index in [2.05, 4.69) is 6.92 Å². The molecular weight excluding hydrogens is 224 g/mol. The molecule has 0 spiro atoms. The third-order valence-electron chi connectivity index (χ3n) is 3.78. The summed E-state index contributed by atoms with van der Waals surface area (Å²) in [4.78, 5) is 14.3. The van der Waals surface area contributed by atoms with Crippen LogP contribution in [0.1, 0.15) is 45.4 Å². The van der Waals surface area contributed by atoms with Gasteiger partial charge in [-0.1, -0.05) is 13.3 Å². The molecule has 1 atom stereocenters. The first kappa shape index (κ1) is 13.8. The van der Waals surface area contributed by atoms with Crippen LogP contribution in [0.2, 0.25) is 0 Å². The quantitative estimate of drug-likeness (QED) is 0.827. The molecule has 2 rings (SSSR count). The molecule has 1 saturated carbocycles. The monoisotopic (exact) mass is 246 g/mol. The molecule has 4 heteroatoms. The fourth-order valence-electron chi connectivity index (χ4n) is 2.73. The first-order valence-electron chi connectivity index (χ1n) is 6.23. The summed E-state index contributed by atoms with van der Waals surface area (Å²) in [5, 5.41) is 0. The molecule has 94 valence electrons. The Morgan fingerprint density at radius 3 is 2.69 bits per heavy atom. The third-order valence-corrected chi connectivity index (χ3v) is 3.78. The molecule has 3 nitrogen and oxygen atoms in total. The lowest BCUT2D eigenvalue weighted by molar-refractivity contribution is -0.138. The van der Waals surface area contributed by atoms with Crippen molar-refractivity contribution in [1.82, 2.24) is 4.90 Å². The molecule has 1 aliphatic carbocycles. The maximum Gasteiger partial charge on any atom is 0.228 e. The maximum atomic E-state index is 12.3. The maximum absolute atomic E-state index is 12.3. The first-order valence-corrected chi connectivity index (χ1v) is 6.23. The molecule has 0 radical (unpaired) electrons. The molecule has 1 heterocycles. The van der Waals surface area contributed by atoms with Gasteiger partial charge in [-0.2, -0.15) is 0 Å². The van der Waals surface area contributed by atoms with Gasteiger partial charge in [0.2, 0.25) is 5.91 Å². The van der Waals surface area contributed by atoms with Gasteiger partial charge in [-0.3, -0.25) is 4.79 Å². The number of carbonyl (C=O) groups excluding carboxylic acids is 1. The Hall–Kier alpha value is -0.280. The second kappa shape index (κ2) is 5.37. The Bertz CT molecular complexity index is 253. The summed E-state index contributed by atoms with van der Waals surface area (Å²) in [5.74, 6) is 0.388. The molecule has 2 aliphatic rings. The Morgan fingerprint density at radius 1 is 1.50 bits per heavy atom. The zero-order chi connectivity index (χ0) is 10.9. The van der Waals surface area contributed by atoms with Gasteiger partial charge in [0.05, 0.1) is 0 Å². The molecule has 2 N–H and O–H groups in total. The third kappa shape index (κ3) is 2.69. The topological polar surface area (TPSA) is 46.3 Å². The standard InChI is InChI=1S/C12H22N2O.ClH/c1-2-5-12(6-7-12)11(15)14-8-3-4-10(13)9-14;/h10H,2-9,13H2,1H3;1H. The van der Waals surface area contributed by atoms with Crippen molar-refractivity contribution in [2.45, 2.75) is 51.5 Å². The number of piperidine rings is 1. The summed E-state index contributed by atoms with van der Waals surface area (Å²) in [6.07, 6.45) is 6.54. The molecule has 0 aromatic rings. The highest BCUT2D eigenvalue weighted by atomic mass is 35.5. The predicted molar refractivity (Wildman–Crippen MR) is 67.6 cm³/mol. The molecule has 16 heavy (non-hydrogen) atoms. The van der Waals surface area contributed by atoms with Gasteiger partial charge in [0.1, 0.15) is 0 Å². The lowest BCUT2D eigenvalue weighted by atomic mass is 9.96. The van der Waals surface area contributed by atoms with Crippen LogP contribution >= 0.6 is 12.4 Å². The van der Waals surface area contributed by atoms with Gasteiger partial charge in [-0.15, -0.1) is 12.4 Å². The number of rotatable bonds is 3. The molecule has 1 amide bonds. The van der Waals surface area contributed by atoms with E-state index in [1.807, 2.05) is 4.90 Å². The zero-order valence-electron chi connectivity index (χ0n) is 10.1. The van der Waals surface area contributed by atoms with Crippen molar-refractivity contribution in [2.24, 2.45) is 11.1 Å². The zero-order valence-corrected chi connectivity index (χ0v) is 10.9. The average molecular weight is 247 g/mol. The van der Waals surface area contributed by atoms with E-state index >= 15 is 0 Å². The number of likely N-dealkylation sites (tertiary alicyclic amines) is 1. The predicted octanol–water partition coefficient (Wildman–Crippen LogP) is 1.94. The molecule has 1 aliphatic heterocycles. The van der Waals surface area contributed by atoms with Crippen LogP contribution in [0.15, 0.2) is 0 Å². The number of amides is 1. The van der Waals surface area contributed by atoms with Gasteiger partial charge < -0.3 is 10.6 Å². The number of nitrogens with zero attached hydrogens (tertiary/aromatic N) is 1. The molecular formula is C12H23ClN2O. The van der Waals surface area contributed by atoms with Crippen LogP contribution in [0.3, 0.4) is 0 Å². The summed E-state index contributed by atoms with van der Waals surface area (Å²) < 4.78 is 0. The van der Waals surface area contributed by atoms with Crippen LogP contribution in [0.25, 0.3) is 0 Å². The summed E-state index contributed by atoms with van der Waals surface area (Å²) in [6.45, 7) is 3.87. The average Bonchev–Trinajstić information content (AvgIpc) is 2.98. The van der Waals surface area contributed by atoms with E-state index in [0.29, 0.717) is 5.91 Å². The minimum Gasteiger partial charge on any atom is -0.341 e. The van der Waals surface area contributed by atoms with Crippen molar-refractivity contribution < 1.29 is 4.79 Å². The number of carbonyl (C=O) groups is 1. The minimum atomic E-state index is 0. The number of hydrogen-bond acceptors (Lipinski definition) is 2. The molecule has 1 saturated heterocycles. The highest BCUT2D eigenvalue weighted by Crippen LogP contribution is 2.51. The van der Waals surface area contributed by atoms with Gasteiger partial charge in [0, 0.05) is 24.5 Å². The highest BCUT2D eigenvalue weighted by Gasteiger charge is 2.50. The lowest BCUT2D eigenvalue weighted by Gasteiger charge is -2.33. The van der Waals surface area contributed by atoms with Crippen molar-refractivity contribution >= 4 is 18.3 Å². The Balaban J connectivity index is 0.00000128. The SMILES string of the molecule is CCCC1(C(=O)N2CCCC(N)C2)CC1.Cl. The van der Waals surface area contributed by atoms with E-state index in [0.717, 1.165) is 51.6 Å². The molecule has 0 bridgehead atoms. The van der Waals surface area contributed by atoms with Gasteiger partial charge in [0.15, 0.2) is 0 Å². The number of halogens is 1. The number of hydrogen-bond donors (Lipinski definition) is 1. The van der Waals surface area contributed by atoms with Gasteiger partial charge in [-0.05, 0) is 32.1 Å². The summed E-state index contributed by atoms with van der Waals surface area (Å²) in [6, 6.07) is 0.208. The summed E-state index contributed by atoms with van der Waals surface area (Å²) in [5.41, 5.74) is 5.94. The minimum absolute atomic E-state index is 0.